The minimum absolute atomic E-state index is 0.942. The van der Waals surface area contributed by atoms with E-state index in [0.29, 0.717) is 0 Å². The van der Waals surface area contributed by atoms with Gasteiger partial charge in [-0.15, -0.1) is 0 Å². The molecule has 1 heterocycles. The molecule has 3 nitrogen and oxygen atoms in total. The van der Waals surface area contributed by atoms with Crippen molar-refractivity contribution in [3.63, 3.8) is 0 Å². The SMILES string of the molecule is CN1CCN=C1NCC1=CCCCC1. The lowest BCUT2D eigenvalue weighted by Gasteiger charge is -2.18. The molecule has 0 fully saturated rings. The highest BCUT2D eigenvalue weighted by molar-refractivity contribution is 5.81. The Morgan fingerprint density at radius 2 is 2.43 bits per heavy atom. The molecule has 1 N–H and O–H groups in total. The van der Waals surface area contributed by atoms with Gasteiger partial charge in [0.15, 0.2) is 5.96 Å². The van der Waals surface area contributed by atoms with Crippen molar-refractivity contribution in [2.24, 2.45) is 4.99 Å². The van der Waals surface area contributed by atoms with Crippen molar-refractivity contribution in [2.75, 3.05) is 26.7 Å². The van der Waals surface area contributed by atoms with Gasteiger partial charge >= 0.3 is 0 Å². The summed E-state index contributed by atoms with van der Waals surface area (Å²) in [5.41, 5.74) is 1.55. The molecule has 0 bridgehead atoms. The molecule has 2 aliphatic rings. The third-order valence-corrected chi connectivity index (χ3v) is 2.92. The molecule has 14 heavy (non-hydrogen) atoms. The molecule has 0 aromatic carbocycles. The van der Waals surface area contributed by atoms with Crippen molar-refractivity contribution in [3.05, 3.63) is 11.6 Å². The van der Waals surface area contributed by atoms with Gasteiger partial charge in [0.2, 0.25) is 0 Å². The molecule has 0 radical (unpaired) electrons. The summed E-state index contributed by atoms with van der Waals surface area (Å²) in [6.45, 7) is 2.99. The van der Waals surface area contributed by atoms with Gasteiger partial charge in [-0.2, -0.15) is 0 Å². The average molecular weight is 193 g/mol. The van der Waals surface area contributed by atoms with Gasteiger partial charge in [-0.1, -0.05) is 11.6 Å². The summed E-state index contributed by atoms with van der Waals surface area (Å²) in [6, 6.07) is 0. The van der Waals surface area contributed by atoms with E-state index in [9.17, 15) is 0 Å². The maximum absolute atomic E-state index is 4.41. The van der Waals surface area contributed by atoms with Crippen molar-refractivity contribution >= 4 is 5.96 Å². The fourth-order valence-corrected chi connectivity index (χ4v) is 1.98. The Morgan fingerprint density at radius 3 is 3.07 bits per heavy atom. The summed E-state index contributed by atoms with van der Waals surface area (Å²) in [6.07, 6.45) is 7.63. The monoisotopic (exact) mass is 193 g/mol. The average Bonchev–Trinajstić information content (AvgIpc) is 2.63. The second kappa shape index (κ2) is 4.49. The predicted octanol–water partition coefficient (Wildman–Crippen LogP) is 1.38. The number of hydrogen-bond donors (Lipinski definition) is 1. The van der Waals surface area contributed by atoms with Crippen LogP contribution < -0.4 is 5.32 Å². The number of hydrogen-bond acceptors (Lipinski definition) is 3. The molecular formula is C11H19N3. The maximum atomic E-state index is 4.41. The largest absolute Gasteiger partial charge is 0.352 e. The molecule has 0 saturated heterocycles. The number of rotatable bonds is 2. The van der Waals surface area contributed by atoms with Crippen molar-refractivity contribution in [1.29, 1.82) is 0 Å². The van der Waals surface area contributed by atoms with E-state index < -0.39 is 0 Å². The number of guanidine groups is 1. The van der Waals surface area contributed by atoms with Gasteiger partial charge in [-0.3, -0.25) is 4.99 Å². The Labute approximate surface area is 85.9 Å². The fourth-order valence-electron chi connectivity index (χ4n) is 1.98. The van der Waals surface area contributed by atoms with Gasteiger partial charge in [0, 0.05) is 20.1 Å². The Bertz CT molecular complexity index is 255. The zero-order valence-corrected chi connectivity index (χ0v) is 8.92. The molecule has 1 aliphatic carbocycles. The van der Waals surface area contributed by atoms with Gasteiger partial charge in [0.1, 0.15) is 0 Å². The normalized spacial score (nSPS) is 21.9. The Morgan fingerprint density at radius 1 is 1.50 bits per heavy atom. The van der Waals surface area contributed by atoms with Gasteiger partial charge in [-0.25, -0.2) is 0 Å². The minimum Gasteiger partial charge on any atom is -0.352 e. The second-order valence-electron chi connectivity index (χ2n) is 4.09. The molecular weight excluding hydrogens is 174 g/mol. The number of nitrogens with zero attached hydrogens (tertiary/aromatic N) is 2. The van der Waals surface area contributed by atoms with E-state index in [1.54, 1.807) is 5.57 Å². The summed E-state index contributed by atoms with van der Waals surface area (Å²) < 4.78 is 0. The first kappa shape index (κ1) is 9.56. The zero-order chi connectivity index (χ0) is 9.80. The topological polar surface area (TPSA) is 27.6 Å². The van der Waals surface area contributed by atoms with E-state index in [-0.39, 0.29) is 0 Å². The molecule has 0 unspecified atom stereocenters. The van der Waals surface area contributed by atoms with Crippen LogP contribution in [0.2, 0.25) is 0 Å². The van der Waals surface area contributed by atoms with Crippen LogP contribution in [-0.2, 0) is 0 Å². The van der Waals surface area contributed by atoms with E-state index in [1.807, 2.05) is 0 Å². The first-order chi connectivity index (χ1) is 6.86. The number of allylic oxidation sites excluding steroid dienone is 1. The molecule has 0 aromatic rings. The first-order valence-electron chi connectivity index (χ1n) is 5.53. The Balaban J connectivity index is 1.79. The zero-order valence-electron chi connectivity index (χ0n) is 8.92. The molecule has 0 saturated carbocycles. The lowest BCUT2D eigenvalue weighted by atomic mass is 10.00. The summed E-state index contributed by atoms with van der Waals surface area (Å²) >= 11 is 0. The van der Waals surface area contributed by atoms with E-state index in [4.69, 9.17) is 0 Å². The van der Waals surface area contributed by atoms with E-state index in [2.05, 4.69) is 28.3 Å². The molecule has 0 spiro atoms. The van der Waals surface area contributed by atoms with Crippen molar-refractivity contribution in [2.45, 2.75) is 25.7 Å². The molecule has 0 aromatic heterocycles. The molecule has 0 atom stereocenters. The Hall–Kier alpha value is -0.990. The van der Waals surface area contributed by atoms with E-state index in [1.165, 1.54) is 25.7 Å². The lowest BCUT2D eigenvalue weighted by molar-refractivity contribution is 0.535. The first-order valence-corrected chi connectivity index (χ1v) is 5.53. The van der Waals surface area contributed by atoms with E-state index in [0.717, 1.165) is 25.6 Å². The van der Waals surface area contributed by atoms with Crippen molar-refractivity contribution < 1.29 is 0 Å². The quantitative estimate of drug-likeness (QED) is 0.671. The molecule has 0 amide bonds. The van der Waals surface area contributed by atoms with Gasteiger partial charge in [-0.05, 0) is 25.7 Å². The summed E-state index contributed by atoms with van der Waals surface area (Å²) in [4.78, 5) is 6.59. The third kappa shape index (κ3) is 2.28. The van der Waals surface area contributed by atoms with Crippen LogP contribution in [0.15, 0.2) is 16.6 Å². The summed E-state index contributed by atoms with van der Waals surface area (Å²) in [5, 5.41) is 3.41. The van der Waals surface area contributed by atoms with Gasteiger partial charge in [0.25, 0.3) is 0 Å². The summed E-state index contributed by atoms with van der Waals surface area (Å²) in [5.74, 6) is 1.07. The smallest absolute Gasteiger partial charge is 0.194 e. The summed E-state index contributed by atoms with van der Waals surface area (Å²) in [7, 11) is 2.09. The van der Waals surface area contributed by atoms with E-state index >= 15 is 0 Å². The highest BCUT2D eigenvalue weighted by Crippen LogP contribution is 2.16. The molecule has 3 heteroatoms. The molecule has 1 aliphatic heterocycles. The van der Waals surface area contributed by atoms with Crippen LogP contribution in [0.4, 0.5) is 0 Å². The molecule has 78 valence electrons. The van der Waals surface area contributed by atoms with Crippen LogP contribution in [-0.4, -0.2) is 37.5 Å². The fraction of sp³-hybridized carbons (Fsp3) is 0.727. The highest BCUT2D eigenvalue weighted by atomic mass is 15.3. The van der Waals surface area contributed by atoms with Crippen LogP contribution in [0.1, 0.15) is 25.7 Å². The Kier molecular flexibility index (Phi) is 3.07. The number of nitrogens with one attached hydrogen (secondary N) is 1. The lowest BCUT2D eigenvalue weighted by Crippen LogP contribution is -2.36. The van der Waals surface area contributed by atoms with Crippen LogP contribution >= 0.6 is 0 Å². The van der Waals surface area contributed by atoms with Crippen molar-refractivity contribution in [3.8, 4) is 0 Å². The minimum atomic E-state index is 0.942. The van der Waals surface area contributed by atoms with Crippen LogP contribution in [0.3, 0.4) is 0 Å². The second-order valence-corrected chi connectivity index (χ2v) is 4.09. The third-order valence-electron chi connectivity index (χ3n) is 2.92. The number of aliphatic imine (C=N–C) groups is 1. The predicted molar refractivity (Wildman–Crippen MR) is 59.5 cm³/mol. The standard InChI is InChI=1S/C11H19N3/c1-14-8-7-12-11(14)13-9-10-5-3-2-4-6-10/h5H,2-4,6-9H2,1H3,(H,12,13). The van der Waals surface area contributed by atoms with Crippen LogP contribution in [0.25, 0.3) is 0 Å². The van der Waals surface area contributed by atoms with Crippen molar-refractivity contribution in [1.82, 2.24) is 10.2 Å². The molecule has 2 rings (SSSR count). The van der Waals surface area contributed by atoms with Gasteiger partial charge in [0.05, 0.1) is 6.54 Å². The number of likely N-dealkylation sites (N-methyl/N-ethyl adjacent to an activating group) is 1. The highest BCUT2D eigenvalue weighted by Gasteiger charge is 2.12. The van der Waals surface area contributed by atoms with Crippen LogP contribution in [0.5, 0.6) is 0 Å². The van der Waals surface area contributed by atoms with Gasteiger partial charge < -0.3 is 10.2 Å². The van der Waals surface area contributed by atoms with Crippen LogP contribution in [0, 0.1) is 0 Å². The maximum Gasteiger partial charge on any atom is 0.194 e.